The summed E-state index contributed by atoms with van der Waals surface area (Å²) in [7, 11) is 1.56. The van der Waals surface area contributed by atoms with Gasteiger partial charge in [0, 0.05) is 30.5 Å². The largest absolute Gasteiger partial charge is 0.497 e. The fourth-order valence-corrected chi connectivity index (χ4v) is 3.70. The number of aromatic nitrogens is 2. The van der Waals surface area contributed by atoms with Gasteiger partial charge in [-0.15, -0.1) is 0 Å². The topological polar surface area (TPSA) is 106 Å². The maximum atomic E-state index is 13.3. The van der Waals surface area contributed by atoms with Gasteiger partial charge in [0.2, 0.25) is 17.6 Å². The van der Waals surface area contributed by atoms with E-state index in [9.17, 15) is 14.0 Å². The molecule has 1 aromatic heterocycles. The SMILES string of the molecule is COc1ccc(C(=O)NCCCC(=O)NC(Cc2ccccc2)c2nc(-c3ccc(F)cc3)no2)cc1. The first-order valence-electron chi connectivity index (χ1n) is 11.9. The number of nitrogens with one attached hydrogen (secondary N) is 2. The van der Waals surface area contributed by atoms with Gasteiger partial charge in [0.25, 0.3) is 5.91 Å². The van der Waals surface area contributed by atoms with Gasteiger partial charge in [-0.25, -0.2) is 4.39 Å². The van der Waals surface area contributed by atoms with E-state index >= 15 is 0 Å². The van der Waals surface area contributed by atoms with Crippen LogP contribution in [-0.4, -0.2) is 35.6 Å². The Kier molecular flexibility index (Phi) is 8.59. The van der Waals surface area contributed by atoms with Gasteiger partial charge in [0.1, 0.15) is 17.6 Å². The van der Waals surface area contributed by atoms with Crippen molar-refractivity contribution in [2.45, 2.75) is 25.3 Å². The number of halogens is 1. The number of benzene rings is 3. The fraction of sp³-hybridized carbons (Fsp3) is 0.214. The lowest BCUT2D eigenvalue weighted by Gasteiger charge is -2.15. The van der Waals surface area contributed by atoms with Gasteiger partial charge in [-0.05, 0) is 60.5 Å². The number of carbonyl (C=O) groups is 2. The highest BCUT2D eigenvalue weighted by molar-refractivity contribution is 5.94. The van der Waals surface area contributed by atoms with E-state index < -0.39 is 6.04 Å². The average Bonchev–Trinajstić information content (AvgIpc) is 3.42. The van der Waals surface area contributed by atoms with E-state index in [0.29, 0.717) is 42.1 Å². The molecule has 0 fully saturated rings. The molecule has 9 heteroatoms. The van der Waals surface area contributed by atoms with Crippen LogP contribution in [0, 0.1) is 5.82 Å². The number of rotatable bonds is 11. The molecule has 0 spiro atoms. The summed E-state index contributed by atoms with van der Waals surface area (Å²) in [6, 6.07) is 21.7. The molecule has 190 valence electrons. The third-order valence-electron chi connectivity index (χ3n) is 5.68. The van der Waals surface area contributed by atoms with E-state index in [-0.39, 0.29) is 29.9 Å². The summed E-state index contributed by atoms with van der Waals surface area (Å²) < 4.78 is 23.8. The molecule has 4 rings (SSSR count). The van der Waals surface area contributed by atoms with Gasteiger partial charge < -0.3 is 19.9 Å². The Bertz CT molecular complexity index is 1310. The summed E-state index contributed by atoms with van der Waals surface area (Å²) >= 11 is 0. The molecule has 37 heavy (non-hydrogen) atoms. The van der Waals surface area contributed by atoms with Gasteiger partial charge in [0.05, 0.1) is 7.11 Å². The molecular formula is C28H27FN4O4. The van der Waals surface area contributed by atoms with Crippen molar-refractivity contribution >= 4 is 11.8 Å². The number of methoxy groups -OCH3 is 1. The van der Waals surface area contributed by atoms with Crippen LogP contribution in [0.2, 0.25) is 0 Å². The van der Waals surface area contributed by atoms with Crippen molar-refractivity contribution in [3.8, 4) is 17.1 Å². The third kappa shape index (κ3) is 7.23. The van der Waals surface area contributed by atoms with Crippen LogP contribution in [0.25, 0.3) is 11.4 Å². The van der Waals surface area contributed by atoms with Crippen LogP contribution in [0.5, 0.6) is 5.75 Å². The van der Waals surface area contributed by atoms with Crippen molar-refractivity contribution in [2.24, 2.45) is 0 Å². The van der Waals surface area contributed by atoms with Crippen LogP contribution in [-0.2, 0) is 11.2 Å². The second kappa shape index (κ2) is 12.4. The summed E-state index contributed by atoms with van der Waals surface area (Å²) in [5.41, 5.74) is 2.11. The maximum Gasteiger partial charge on any atom is 0.251 e. The molecule has 1 unspecified atom stereocenters. The number of amides is 2. The molecule has 3 aromatic carbocycles. The lowest BCUT2D eigenvalue weighted by Crippen LogP contribution is -2.31. The van der Waals surface area contributed by atoms with E-state index in [1.54, 1.807) is 43.5 Å². The molecule has 0 bridgehead atoms. The molecule has 0 aliphatic rings. The summed E-state index contributed by atoms with van der Waals surface area (Å²) in [6.45, 7) is 0.344. The van der Waals surface area contributed by atoms with Gasteiger partial charge in [0.15, 0.2) is 0 Å². The zero-order valence-corrected chi connectivity index (χ0v) is 20.3. The molecule has 0 aliphatic heterocycles. The second-order valence-electron chi connectivity index (χ2n) is 8.36. The first-order valence-corrected chi connectivity index (χ1v) is 11.9. The van der Waals surface area contributed by atoms with Crippen molar-refractivity contribution in [1.82, 2.24) is 20.8 Å². The third-order valence-corrected chi connectivity index (χ3v) is 5.68. The highest BCUT2D eigenvalue weighted by Gasteiger charge is 2.22. The first kappa shape index (κ1) is 25.6. The van der Waals surface area contributed by atoms with Crippen LogP contribution >= 0.6 is 0 Å². The van der Waals surface area contributed by atoms with E-state index in [2.05, 4.69) is 20.8 Å². The monoisotopic (exact) mass is 502 g/mol. The zero-order chi connectivity index (χ0) is 26.0. The van der Waals surface area contributed by atoms with Crippen molar-refractivity contribution in [3.63, 3.8) is 0 Å². The molecule has 2 amide bonds. The molecule has 8 nitrogen and oxygen atoms in total. The summed E-state index contributed by atoms with van der Waals surface area (Å²) in [5.74, 6) is 0.449. The predicted octanol–water partition coefficient (Wildman–Crippen LogP) is 4.49. The van der Waals surface area contributed by atoms with Crippen LogP contribution < -0.4 is 15.4 Å². The Morgan fingerprint density at radius 2 is 1.73 bits per heavy atom. The smallest absolute Gasteiger partial charge is 0.251 e. The van der Waals surface area contributed by atoms with Crippen molar-refractivity contribution < 1.29 is 23.2 Å². The van der Waals surface area contributed by atoms with Crippen LogP contribution in [0.3, 0.4) is 0 Å². The normalized spacial score (nSPS) is 11.5. The van der Waals surface area contributed by atoms with Gasteiger partial charge in [-0.2, -0.15) is 4.98 Å². The summed E-state index contributed by atoms with van der Waals surface area (Å²) in [6.07, 6.45) is 1.11. The quantitative estimate of drug-likeness (QED) is 0.293. The summed E-state index contributed by atoms with van der Waals surface area (Å²) in [4.78, 5) is 29.5. The number of hydrogen-bond acceptors (Lipinski definition) is 6. The Balaban J connectivity index is 1.35. The highest BCUT2D eigenvalue weighted by atomic mass is 19.1. The van der Waals surface area contributed by atoms with Crippen molar-refractivity contribution in [2.75, 3.05) is 13.7 Å². The minimum Gasteiger partial charge on any atom is -0.497 e. The van der Waals surface area contributed by atoms with Gasteiger partial charge >= 0.3 is 0 Å². The van der Waals surface area contributed by atoms with Crippen molar-refractivity contribution in [1.29, 1.82) is 0 Å². The Morgan fingerprint density at radius 1 is 1.00 bits per heavy atom. The molecule has 1 atom stereocenters. The maximum absolute atomic E-state index is 13.3. The van der Waals surface area contributed by atoms with Gasteiger partial charge in [-0.3, -0.25) is 9.59 Å². The lowest BCUT2D eigenvalue weighted by molar-refractivity contribution is -0.122. The van der Waals surface area contributed by atoms with E-state index in [1.807, 2.05) is 30.3 Å². The summed E-state index contributed by atoms with van der Waals surface area (Å²) in [5, 5.41) is 9.79. The minimum atomic E-state index is -0.550. The van der Waals surface area contributed by atoms with E-state index in [0.717, 1.165) is 5.56 Å². The minimum absolute atomic E-state index is 0.202. The van der Waals surface area contributed by atoms with E-state index in [1.165, 1.54) is 12.1 Å². The number of nitrogens with zero attached hydrogens (tertiary/aromatic N) is 2. The molecule has 4 aromatic rings. The Labute approximate surface area is 213 Å². The van der Waals surface area contributed by atoms with Crippen LogP contribution in [0.15, 0.2) is 83.4 Å². The lowest BCUT2D eigenvalue weighted by atomic mass is 10.1. The highest BCUT2D eigenvalue weighted by Crippen LogP contribution is 2.22. The Hall–Kier alpha value is -4.53. The fourth-order valence-electron chi connectivity index (χ4n) is 3.70. The first-order chi connectivity index (χ1) is 18.0. The molecule has 0 saturated heterocycles. The number of hydrogen-bond donors (Lipinski definition) is 2. The number of carbonyl (C=O) groups excluding carboxylic acids is 2. The van der Waals surface area contributed by atoms with Gasteiger partial charge in [-0.1, -0.05) is 35.5 Å². The van der Waals surface area contributed by atoms with Crippen molar-refractivity contribution in [3.05, 3.63) is 102 Å². The second-order valence-corrected chi connectivity index (χ2v) is 8.36. The molecule has 2 N–H and O–H groups in total. The predicted molar refractivity (Wildman–Crippen MR) is 135 cm³/mol. The van der Waals surface area contributed by atoms with Crippen LogP contribution in [0.1, 0.15) is 40.7 Å². The molecule has 0 saturated carbocycles. The number of ether oxygens (including phenoxy) is 1. The zero-order valence-electron chi connectivity index (χ0n) is 20.3. The van der Waals surface area contributed by atoms with E-state index in [4.69, 9.17) is 9.26 Å². The van der Waals surface area contributed by atoms with Crippen LogP contribution in [0.4, 0.5) is 4.39 Å². The Morgan fingerprint density at radius 3 is 2.43 bits per heavy atom. The molecule has 0 aliphatic carbocycles. The standard InChI is InChI=1S/C28H27FN4O4/c1-36-23-15-11-21(12-16-23)27(35)30-17-5-8-25(34)31-24(18-19-6-3-2-4-7-19)28-32-26(33-37-28)20-9-13-22(29)14-10-20/h2-4,6-7,9-16,24H,5,8,17-18H2,1H3,(H,30,35)(H,31,34). The average molecular weight is 503 g/mol. The molecule has 0 radical (unpaired) electrons. The molecular weight excluding hydrogens is 475 g/mol. The molecule has 1 heterocycles.